The number of hydrogen-bond acceptors (Lipinski definition) is 5. The number of nitrogens with zero attached hydrogens (tertiary/aromatic N) is 1. The Morgan fingerprint density at radius 1 is 1.03 bits per heavy atom. The quantitative estimate of drug-likeness (QED) is 0.434. The third-order valence-electron chi connectivity index (χ3n) is 4.29. The van der Waals surface area contributed by atoms with Crippen LogP contribution in [0.25, 0.3) is 0 Å². The predicted molar refractivity (Wildman–Crippen MR) is 114 cm³/mol. The average Bonchev–Trinajstić information content (AvgIpc) is 2.76. The lowest BCUT2D eigenvalue weighted by Crippen LogP contribution is -2.22. The molecule has 0 unspecified atom stereocenters. The van der Waals surface area contributed by atoms with Crippen molar-refractivity contribution in [1.82, 2.24) is 5.43 Å². The molecule has 2 aromatic carbocycles. The second-order valence-corrected chi connectivity index (χ2v) is 6.95. The topological polar surface area (TPSA) is 89.0 Å². The molecule has 0 spiro atoms. The van der Waals surface area contributed by atoms with E-state index in [9.17, 15) is 22.8 Å². The SMILES string of the molecule is COc1ccc(/C(C)=N\NC(=O)CCC(=O)Nc2cc(C(F)(F)F)ccc2Cl)c(OC)c1. The number of hydrazone groups is 1. The molecule has 2 N–H and O–H groups in total. The molecule has 0 atom stereocenters. The van der Waals surface area contributed by atoms with Gasteiger partial charge in [0.25, 0.3) is 0 Å². The summed E-state index contributed by atoms with van der Waals surface area (Å²) in [4.78, 5) is 24.1. The van der Waals surface area contributed by atoms with Crippen LogP contribution < -0.4 is 20.2 Å². The summed E-state index contributed by atoms with van der Waals surface area (Å²) in [6, 6.07) is 7.67. The van der Waals surface area contributed by atoms with Crippen molar-refractivity contribution in [1.29, 1.82) is 0 Å². The molecule has 2 rings (SSSR count). The second kappa shape index (κ2) is 10.9. The van der Waals surface area contributed by atoms with Crippen LogP contribution in [0.1, 0.15) is 30.9 Å². The van der Waals surface area contributed by atoms with Crippen molar-refractivity contribution in [2.24, 2.45) is 5.10 Å². The fraction of sp³-hybridized carbons (Fsp3) is 0.286. The molecule has 2 aromatic rings. The van der Waals surface area contributed by atoms with E-state index in [2.05, 4.69) is 15.8 Å². The van der Waals surface area contributed by atoms with Gasteiger partial charge in [0.2, 0.25) is 11.8 Å². The van der Waals surface area contributed by atoms with Crippen LogP contribution in [0.15, 0.2) is 41.5 Å². The van der Waals surface area contributed by atoms with Gasteiger partial charge < -0.3 is 14.8 Å². The average molecular weight is 472 g/mol. The number of anilines is 1. The number of benzene rings is 2. The smallest absolute Gasteiger partial charge is 0.416 e. The number of ether oxygens (including phenoxy) is 2. The number of rotatable bonds is 8. The standard InChI is InChI=1S/C21H21ClF3N3O4/c1-12(15-6-5-14(31-2)11-18(15)32-3)27-28-20(30)9-8-19(29)26-17-10-13(21(23,24)25)4-7-16(17)22/h4-7,10-11H,8-9H2,1-3H3,(H,26,29)(H,28,30)/b27-12-. The van der Waals surface area contributed by atoms with Gasteiger partial charge in [0.05, 0.1) is 36.2 Å². The lowest BCUT2D eigenvalue weighted by Gasteiger charge is -2.11. The first kappa shape index (κ1) is 25.0. The molecule has 0 aliphatic heterocycles. The van der Waals surface area contributed by atoms with E-state index in [1.165, 1.54) is 14.2 Å². The summed E-state index contributed by atoms with van der Waals surface area (Å²) >= 11 is 5.84. The van der Waals surface area contributed by atoms with E-state index in [0.29, 0.717) is 22.8 Å². The van der Waals surface area contributed by atoms with E-state index in [1.807, 2.05) is 0 Å². The molecule has 11 heteroatoms. The van der Waals surface area contributed by atoms with Gasteiger partial charge in [0.1, 0.15) is 11.5 Å². The maximum absolute atomic E-state index is 12.8. The minimum absolute atomic E-state index is 0.0514. The van der Waals surface area contributed by atoms with Crippen molar-refractivity contribution >= 4 is 34.8 Å². The summed E-state index contributed by atoms with van der Waals surface area (Å²) in [6.45, 7) is 1.66. The Morgan fingerprint density at radius 2 is 1.72 bits per heavy atom. The largest absolute Gasteiger partial charge is 0.497 e. The van der Waals surface area contributed by atoms with Gasteiger partial charge in [0, 0.05) is 24.5 Å². The number of nitrogens with one attached hydrogen (secondary N) is 2. The Morgan fingerprint density at radius 3 is 2.34 bits per heavy atom. The van der Waals surface area contributed by atoms with Gasteiger partial charge in [-0.05, 0) is 37.3 Å². The molecule has 0 aliphatic carbocycles. The number of amides is 2. The summed E-state index contributed by atoms with van der Waals surface area (Å²) in [5.74, 6) is -0.132. The molecule has 0 aliphatic rings. The first-order chi connectivity index (χ1) is 15.0. The zero-order valence-electron chi connectivity index (χ0n) is 17.5. The van der Waals surface area contributed by atoms with E-state index in [0.717, 1.165) is 18.2 Å². The van der Waals surface area contributed by atoms with Gasteiger partial charge in [0.15, 0.2) is 0 Å². The Labute approximate surface area is 187 Å². The second-order valence-electron chi connectivity index (χ2n) is 6.54. The Balaban J connectivity index is 1.94. The fourth-order valence-electron chi connectivity index (χ4n) is 2.60. The van der Waals surface area contributed by atoms with Crippen molar-refractivity contribution < 1.29 is 32.2 Å². The number of methoxy groups -OCH3 is 2. The third-order valence-corrected chi connectivity index (χ3v) is 4.62. The van der Waals surface area contributed by atoms with Crippen LogP contribution in [0.2, 0.25) is 5.02 Å². The Kier molecular flexibility index (Phi) is 8.48. The van der Waals surface area contributed by atoms with Crippen molar-refractivity contribution in [3.05, 3.63) is 52.5 Å². The highest BCUT2D eigenvalue weighted by Crippen LogP contribution is 2.33. The summed E-state index contributed by atoms with van der Waals surface area (Å²) in [5.41, 5.74) is 2.28. The molecule has 0 heterocycles. The molecule has 7 nitrogen and oxygen atoms in total. The van der Waals surface area contributed by atoms with Crippen LogP contribution >= 0.6 is 11.6 Å². The minimum atomic E-state index is -4.58. The summed E-state index contributed by atoms with van der Waals surface area (Å²) < 4.78 is 48.9. The lowest BCUT2D eigenvalue weighted by molar-refractivity contribution is -0.137. The molecular weight excluding hydrogens is 451 g/mol. The molecule has 0 aromatic heterocycles. The maximum atomic E-state index is 12.8. The van der Waals surface area contributed by atoms with Crippen LogP contribution in [0, 0.1) is 0 Å². The highest BCUT2D eigenvalue weighted by Gasteiger charge is 2.31. The Bertz CT molecular complexity index is 1030. The van der Waals surface area contributed by atoms with Crippen LogP contribution in [0.3, 0.4) is 0 Å². The molecule has 172 valence electrons. The van der Waals surface area contributed by atoms with E-state index in [1.54, 1.807) is 25.1 Å². The Hall–Kier alpha value is -3.27. The highest BCUT2D eigenvalue weighted by atomic mass is 35.5. The number of carbonyl (C=O) groups excluding carboxylic acids is 2. The van der Waals surface area contributed by atoms with Crippen molar-refractivity contribution in [3.8, 4) is 11.5 Å². The third kappa shape index (κ3) is 6.88. The molecule has 0 radical (unpaired) electrons. The van der Waals surface area contributed by atoms with Crippen LogP contribution in [0.5, 0.6) is 11.5 Å². The van der Waals surface area contributed by atoms with Gasteiger partial charge in [-0.3, -0.25) is 9.59 Å². The number of carbonyl (C=O) groups is 2. The zero-order valence-corrected chi connectivity index (χ0v) is 18.2. The fourth-order valence-corrected chi connectivity index (χ4v) is 2.76. The summed E-state index contributed by atoms with van der Waals surface area (Å²) in [5, 5.41) is 6.22. The van der Waals surface area contributed by atoms with Gasteiger partial charge in [-0.2, -0.15) is 18.3 Å². The van der Waals surface area contributed by atoms with Crippen molar-refractivity contribution in [2.45, 2.75) is 25.9 Å². The molecule has 0 bridgehead atoms. The molecule has 0 saturated heterocycles. The number of alkyl halides is 3. The first-order valence-electron chi connectivity index (χ1n) is 9.27. The zero-order chi connectivity index (χ0) is 23.9. The summed E-state index contributed by atoms with van der Waals surface area (Å²) in [7, 11) is 3.01. The van der Waals surface area contributed by atoms with Crippen LogP contribution in [0.4, 0.5) is 18.9 Å². The molecule has 32 heavy (non-hydrogen) atoms. The van der Waals surface area contributed by atoms with Crippen molar-refractivity contribution in [2.75, 3.05) is 19.5 Å². The number of hydrogen-bond donors (Lipinski definition) is 2. The van der Waals surface area contributed by atoms with Crippen molar-refractivity contribution in [3.63, 3.8) is 0 Å². The molecule has 0 fully saturated rings. The molecular formula is C21H21ClF3N3O4. The first-order valence-corrected chi connectivity index (χ1v) is 9.65. The van der Waals surface area contributed by atoms with Crippen LogP contribution in [-0.4, -0.2) is 31.7 Å². The lowest BCUT2D eigenvalue weighted by atomic mass is 10.1. The maximum Gasteiger partial charge on any atom is 0.416 e. The monoisotopic (exact) mass is 471 g/mol. The van der Waals surface area contributed by atoms with Gasteiger partial charge in [-0.15, -0.1) is 0 Å². The van der Waals surface area contributed by atoms with E-state index in [4.69, 9.17) is 21.1 Å². The number of halogens is 4. The molecule has 2 amide bonds. The van der Waals surface area contributed by atoms with E-state index >= 15 is 0 Å². The highest BCUT2D eigenvalue weighted by molar-refractivity contribution is 6.33. The van der Waals surface area contributed by atoms with Gasteiger partial charge in [-0.1, -0.05) is 11.6 Å². The molecule has 0 saturated carbocycles. The van der Waals surface area contributed by atoms with Gasteiger partial charge >= 0.3 is 6.18 Å². The minimum Gasteiger partial charge on any atom is -0.497 e. The summed E-state index contributed by atoms with van der Waals surface area (Å²) in [6.07, 6.45) is -5.09. The van der Waals surface area contributed by atoms with E-state index in [-0.39, 0.29) is 23.6 Å². The predicted octanol–water partition coefficient (Wildman–Crippen LogP) is 4.64. The van der Waals surface area contributed by atoms with E-state index < -0.39 is 23.6 Å². The normalized spacial score (nSPS) is 11.7. The van der Waals surface area contributed by atoms with Gasteiger partial charge in [-0.25, -0.2) is 5.43 Å². The van der Waals surface area contributed by atoms with Crippen LogP contribution in [-0.2, 0) is 15.8 Å².